The number of halogens is 3. The Morgan fingerprint density at radius 2 is 2.00 bits per heavy atom. The van der Waals surface area contributed by atoms with E-state index in [-0.39, 0.29) is 0 Å². The van der Waals surface area contributed by atoms with Crippen LogP contribution in [-0.2, 0) is 6.42 Å². The van der Waals surface area contributed by atoms with Gasteiger partial charge in [-0.25, -0.2) is 4.98 Å². The topological polar surface area (TPSA) is 30.7 Å². The van der Waals surface area contributed by atoms with E-state index in [9.17, 15) is 0 Å². The molecule has 0 saturated carbocycles. The van der Waals surface area contributed by atoms with Crippen molar-refractivity contribution in [3.63, 3.8) is 0 Å². The van der Waals surface area contributed by atoms with Gasteiger partial charge in [0, 0.05) is 23.5 Å². The van der Waals surface area contributed by atoms with Crippen LogP contribution in [0.5, 0.6) is 0 Å². The Hall–Kier alpha value is -1.29. The highest BCUT2D eigenvalue weighted by molar-refractivity contribution is 6.34. The molecule has 0 N–H and O–H groups in total. The third-order valence-electron chi connectivity index (χ3n) is 2.99. The lowest BCUT2D eigenvalue weighted by atomic mass is 10.3. The largest absolute Gasteiger partial charge is 0.295 e. The van der Waals surface area contributed by atoms with Crippen LogP contribution < -0.4 is 0 Å². The number of pyridine rings is 1. The average Bonchev–Trinajstić information content (AvgIpc) is 2.80. The van der Waals surface area contributed by atoms with Crippen LogP contribution in [0.15, 0.2) is 36.7 Å². The third kappa shape index (κ3) is 2.37. The average molecular weight is 327 g/mol. The van der Waals surface area contributed by atoms with Crippen LogP contribution in [0.2, 0.25) is 10.0 Å². The molecule has 0 unspecified atom stereocenters. The Labute approximate surface area is 131 Å². The van der Waals surface area contributed by atoms with Crippen LogP contribution in [0.4, 0.5) is 0 Å². The lowest BCUT2D eigenvalue weighted by Gasteiger charge is -2.11. The molecule has 3 nitrogen and oxygen atoms in total. The van der Waals surface area contributed by atoms with E-state index < -0.39 is 0 Å². The van der Waals surface area contributed by atoms with Gasteiger partial charge in [-0.05, 0) is 24.3 Å². The fraction of sp³-hybridized carbons (Fsp3) is 0.143. The standard InChI is InChI=1S/C14H10Cl3N3/c15-5-3-14-19-11-8-18-6-4-12(11)20(14)13-7-9(16)1-2-10(13)17/h1-2,4,6-8H,3,5H2. The number of imidazole rings is 1. The minimum atomic E-state index is 0.481. The van der Waals surface area contributed by atoms with Crippen molar-refractivity contribution in [2.45, 2.75) is 6.42 Å². The molecule has 3 aromatic rings. The van der Waals surface area contributed by atoms with E-state index in [0.29, 0.717) is 22.3 Å². The molecule has 6 heteroatoms. The molecule has 20 heavy (non-hydrogen) atoms. The Bertz CT molecular complexity index is 767. The predicted molar refractivity (Wildman–Crippen MR) is 83.3 cm³/mol. The summed E-state index contributed by atoms with van der Waals surface area (Å²) in [6, 6.07) is 7.26. The Morgan fingerprint density at radius 3 is 2.80 bits per heavy atom. The molecule has 0 aliphatic rings. The van der Waals surface area contributed by atoms with Crippen molar-refractivity contribution in [1.82, 2.24) is 14.5 Å². The number of nitrogens with zero attached hydrogens (tertiary/aromatic N) is 3. The second-order valence-electron chi connectivity index (χ2n) is 4.26. The number of hydrogen-bond donors (Lipinski definition) is 0. The highest BCUT2D eigenvalue weighted by Gasteiger charge is 2.14. The maximum Gasteiger partial charge on any atom is 0.115 e. The summed E-state index contributed by atoms with van der Waals surface area (Å²) in [5.74, 6) is 1.32. The van der Waals surface area contributed by atoms with Crippen LogP contribution in [0.1, 0.15) is 5.82 Å². The zero-order chi connectivity index (χ0) is 14.1. The van der Waals surface area contributed by atoms with Crippen LogP contribution in [-0.4, -0.2) is 20.4 Å². The summed E-state index contributed by atoms with van der Waals surface area (Å²) in [4.78, 5) is 8.66. The number of aryl methyl sites for hydroxylation is 1. The first-order valence-corrected chi connectivity index (χ1v) is 7.32. The summed E-state index contributed by atoms with van der Waals surface area (Å²) in [5.41, 5.74) is 2.54. The first-order valence-electron chi connectivity index (χ1n) is 6.03. The summed E-state index contributed by atoms with van der Waals surface area (Å²) in [7, 11) is 0. The maximum absolute atomic E-state index is 6.30. The molecule has 3 rings (SSSR count). The smallest absolute Gasteiger partial charge is 0.115 e. The van der Waals surface area contributed by atoms with Gasteiger partial charge in [-0.1, -0.05) is 23.2 Å². The van der Waals surface area contributed by atoms with Crippen molar-refractivity contribution in [3.05, 3.63) is 52.5 Å². The second-order valence-corrected chi connectivity index (χ2v) is 5.48. The van der Waals surface area contributed by atoms with Crippen molar-refractivity contribution in [2.24, 2.45) is 0 Å². The fourth-order valence-corrected chi connectivity index (χ4v) is 2.70. The first-order chi connectivity index (χ1) is 9.70. The minimum absolute atomic E-state index is 0.481. The molecule has 2 heterocycles. The molecule has 0 aliphatic heterocycles. The molecular weight excluding hydrogens is 317 g/mol. The van der Waals surface area contributed by atoms with E-state index in [4.69, 9.17) is 34.8 Å². The van der Waals surface area contributed by atoms with Crippen LogP contribution in [0, 0.1) is 0 Å². The summed E-state index contributed by atoms with van der Waals surface area (Å²) in [5, 5.41) is 1.23. The minimum Gasteiger partial charge on any atom is -0.295 e. The first kappa shape index (κ1) is 13.7. The van der Waals surface area contributed by atoms with Gasteiger partial charge in [0.1, 0.15) is 11.3 Å². The molecule has 0 amide bonds. The highest BCUT2D eigenvalue weighted by atomic mass is 35.5. The highest BCUT2D eigenvalue weighted by Crippen LogP contribution is 2.29. The summed E-state index contributed by atoms with van der Waals surface area (Å²) >= 11 is 18.3. The summed E-state index contributed by atoms with van der Waals surface area (Å²) in [6.07, 6.45) is 4.09. The van der Waals surface area contributed by atoms with Gasteiger partial charge in [0.15, 0.2) is 0 Å². The molecule has 1 aromatic carbocycles. The van der Waals surface area contributed by atoms with E-state index in [1.54, 1.807) is 24.5 Å². The number of alkyl halides is 1. The summed E-state index contributed by atoms with van der Waals surface area (Å²) < 4.78 is 1.98. The zero-order valence-corrected chi connectivity index (χ0v) is 12.6. The fourth-order valence-electron chi connectivity index (χ4n) is 2.16. The van der Waals surface area contributed by atoms with E-state index in [1.165, 1.54) is 0 Å². The monoisotopic (exact) mass is 325 g/mol. The lowest BCUT2D eigenvalue weighted by molar-refractivity contribution is 0.912. The van der Waals surface area contributed by atoms with Crippen LogP contribution in [0.25, 0.3) is 16.7 Å². The number of fused-ring (bicyclic) bond motifs is 1. The molecule has 2 aromatic heterocycles. The molecule has 0 saturated heterocycles. The van der Waals surface area contributed by atoms with Crippen molar-refractivity contribution in [2.75, 3.05) is 5.88 Å². The van der Waals surface area contributed by atoms with Gasteiger partial charge in [0.05, 0.1) is 22.4 Å². The number of benzene rings is 1. The van der Waals surface area contributed by atoms with Crippen molar-refractivity contribution in [1.29, 1.82) is 0 Å². The maximum atomic E-state index is 6.30. The Kier molecular flexibility index (Phi) is 3.83. The van der Waals surface area contributed by atoms with Crippen LogP contribution in [0.3, 0.4) is 0 Å². The molecule has 102 valence electrons. The van der Waals surface area contributed by atoms with Crippen LogP contribution >= 0.6 is 34.8 Å². The van der Waals surface area contributed by atoms with E-state index in [0.717, 1.165) is 22.5 Å². The third-order valence-corrected chi connectivity index (χ3v) is 3.74. The molecular formula is C14H10Cl3N3. The lowest BCUT2D eigenvalue weighted by Crippen LogP contribution is -2.03. The van der Waals surface area contributed by atoms with Gasteiger partial charge in [0.25, 0.3) is 0 Å². The van der Waals surface area contributed by atoms with Crippen molar-refractivity contribution < 1.29 is 0 Å². The second kappa shape index (κ2) is 5.60. The Balaban J connectivity index is 2.33. The Morgan fingerprint density at radius 1 is 1.15 bits per heavy atom. The molecule has 0 spiro atoms. The number of aromatic nitrogens is 3. The zero-order valence-electron chi connectivity index (χ0n) is 10.4. The molecule has 0 radical (unpaired) electrons. The van der Waals surface area contributed by atoms with Crippen molar-refractivity contribution >= 4 is 45.8 Å². The molecule has 0 aliphatic carbocycles. The number of hydrogen-bond acceptors (Lipinski definition) is 2. The molecule has 0 fully saturated rings. The number of rotatable bonds is 3. The van der Waals surface area contributed by atoms with Gasteiger partial charge in [0.2, 0.25) is 0 Å². The van der Waals surface area contributed by atoms with Gasteiger partial charge < -0.3 is 0 Å². The predicted octanol–water partition coefficient (Wildman–Crippen LogP) is 4.51. The van der Waals surface area contributed by atoms with Gasteiger partial charge in [-0.3, -0.25) is 9.55 Å². The van der Waals surface area contributed by atoms with Gasteiger partial charge in [-0.2, -0.15) is 0 Å². The van der Waals surface area contributed by atoms with Crippen molar-refractivity contribution in [3.8, 4) is 5.69 Å². The normalized spacial score (nSPS) is 11.2. The van der Waals surface area contributed by atoms with E-state index >= 15 is 0 Å². The SMILES string of the molecule is ClCCc1nc2cnccc2n1-c1cc(Cl)ccc1Cl. The van der Waals surface area contributed by atoms with Gasteiger partial charge >= 0.3 is 0 Å². The quantitative estimate of drug-likeness (QED) is 0.663. The molecule has 0 atom stereocenters. The van der Waals surface area contributed by atoms with E-state index in [1.807, 2.05) is 16.7 Å². The van der Waals surface area contributed by atoms with Gasteiger partial charge in [-0.15, -0.1) is 11.6 Å². The van der Waals surface area contributed by atoms with E-state index in [2.05, 4.69) is 9.97 Å². The summed E-state index contributed by atoms with van der Waals surface area (Å²) in [6.45, 7) is 0. The molecule has 0 bridgehead atoms.